The van der Waals surface area contributed by atoms with Crippen molar-refractivity contribution in [2.24, 2.45) is 0 Å². The van der Waals surface area contributed by atoms with Crippen LogP contribution in [0, 0.1) is 0 Å². The van der Waals surface area contributed by atoms with E-state index in [9.17, 15) is 9.59 Å². The minimum Gasteiger partial charge on any atom is -0.452 e. The van der Waals surface area contributed by atoms with Crippen molar-refractivity contribution in [2.45, 2.75) is 26.2 Å². The second-order valence-corrected chi connectivity index (χ2v) is 6.45. The van der Waals surface area contributed by atoms with Gasteiger partial charge in [0.15, 0.2) is 6.61 Å². The largest absolute Gasteiger partial charge is 0.452 e. The number of anilines is 1. The fraction of sp³-hybridized carbons (Fsp3) is 0.217. The first-order chi connectivity index (χ1) is 13.2. The summed E-state index contributed by atoms with van der Waals surface area (Å²) in [5, 5.41) is 4.52. The Morgan fingerprint density at radius 3 is 2.44 bits per heavy atom. The molecule has 0 aliphatic rings. The van der Waals surface area contributed by atoms with Crippen LogP contribution in [0.5, 0.6) is 0 Å². The molecule has 0 atom stereocenters. The van der Waals surface area contributed by atoms with E-state index in [1.165, 1.54) is 5.56 Å². The topological polar surface area (TPSA) is 55.4 Å². The van der Waals surface area contributed by atoms with Gasteiger partial charge < -0.3 is 10.1 Å². The lowest BCUT2D eigenvalue weighted by atomic mass is 10.1. The maximum absolute atomic E-state index is 12.4. The van der Waals surface area contributed by atoms with E-state index < -0.39 is 5.97 Å². The molecule has 0 bridgehead atoms. The van der Waals surface area contributed by atoms with Gasteiger partial charge in [0.25, 0.3) is 5.91 Å². The van der Waals surface area contributed by atoms with Gasteiger partial charge in [-0.2, -0.15) is 0 Å². The predicted molar refractivity (Wildman–Crippen MR) is 108 cm³/mol. The van der Waals surface area contributed by atoms with E-state index in [1.54, 1.807) is 12.1 Å². The van der Waals surface area contributed by atoms with Crippen molar-refractivity contribution in [3.8, 4) is 0 Å². The zero-order valence-corrected chi connectivity index (χ0v) is 15.4. The van der Waals surface area contributed by atoms with Crippen LogP contribution in [0.15, 0.2) is 66.7 Å². The van der Waals surface area contributed by atoms with Crippen molar-refractivity contribution < 1.29 is 14.3 Å². The number of carbonyl (C=O) groups is 2. The summed E-state index contributed by atoms with van der Waals surface area (Å²) in [5.74, 6) is -0.859. The van der Waals surface area contributed by atoms with Gasteiger partial charge >= 0.3 is 5.97 Å². The van der Waals surface area contributed by atoms with Gasteiger partial charge in [-0.3, -0.25) is 4.79 Å². The van der Waals surface area contributed by atoms with Crippen LogP contribution in [0.25, 0.3) is 10.8 Å². The summed E-state index contributed by atoms with van der Waals surface area (Å²) in [6.07, 6.45) is 3.34. The third-order valence-electron chi connectivity index (χ3n) is 4.40. The van der Waals surface area contributed by atoms with Crippen LogP contribution >= 0.6 is 0 Å². The van der Waals surface area contributed by atoms with Crippen LogP contribution in [0.4, 0.5) is 5.69 Å². The summed E-state index contributed by atoms with van der Waals surface area (Å²) in [5.41, 5.74) is 2.40. The van der Waals surface area contributed by atoms with E-state index in [4.69, 9.17) is 4.74 Å². The number of ether oxygens (including phenoxy) is 1. The highest BCUT2D eigenvalue weighted by Gasteiger charge is 2.13. The van der Waals surface area contributed by atoms with Crippen LogP contribution in [0.1, 0.15) is 35.7 Å². The fourth-order valence-electron chi connectivity index (χ4n) is 2.94. The second-order valence-electron chi connectivity index (χ2n) is 6.45. The Morgan fingerprint density at radius 2 is 1.67 bits per heavy atom. The molecule has 0 aliphatic carbocycles. The van der Waals surface area contributed by atoms with Gasteiger partial charge in [0.1, 0.15) is 0 Å². The lowest BCUT2D eigenvalue weighted by Crippen LogP contribution is -2.21. The number of nitrogens with one attached hydrogen (secondary N) is 1. The van der Waals surface area contributed by atoms with Gasteiger partial charge in [0.05, 0.1) is 5.56 Å². The Labute approximate surface area is 159 Å². The molecule has 4 nitrogen and oxygen atoms in total. The molecule has 0 fully saturated rings. The van der Waals surface area contributed by atoms with Crippen molar-refractivity contribution in [1.82, 2.24) is 0 Å². The number of unbranched alkanes of at least 4 members (excludes halogenated alkanes) is 1. The summed E-state index contributed by atoms with van der Waals surface area (Å²) in [6.45, 7) is 1.84. The van der Waals surface area contributed by atoms with Crippen molar-refractivity contribution in [1.29, 1.82) is 0 Å². The van der Waals surface area contributed by atoms with E-state index >= 15 is 0 Å². The van der Waals surface area contributed by atoms with E-state index in [2.05, 4.69) is 12.2 Å². The van der Waals surface area contributed by atoms with Crippen LogP contribution < -0.4 is 5.32 Å². The van der Waals surface area contributed by atoms with Crippen molar-refractivity contribution in [3.63, 3.8) is 0 Å². The Kier molecular flexibility index (Phi) is 6.21. The molecule has 3 aromatic carbocycles. The molecule has 1 N–H and O–H groups in total. The molecule has 0 heterocycles. The molecular weight excluding hydrogens is 338 g/mol. The highest BCUT2D eigenvalue weighted by Crippen LogP contribution is 2.19. The predicted octanol–water partition coefficient (Wildman–Crippen LogP) is 4.98. The Balaban J connectivity index is 1.56. The molecule has 0 radical (unpaired) electrons. The van der Waals surface area contributed by atoms with Crippen LogP contribution in [-0.2, 0) is 16.0 Å². The minimum atomic E-state index is -0.503. The number of hydrogen-bond donors (Lipinski definition) is 1. The van der Waals surface area contributed by atoms with Crippen LogP contribution in [0.3, 0.4) is 0 Å². The van der Waals surface area contributed by atoms with Crippen molar-refractivity contribution in [3.05, 3.63) is 77.9 Å². The quantitative estimate of drug-likeness (QED) is 0.604. The molecule has 0 saturated heterocycles. The number of hydrogen-bond acceptors (Lipinski definition) is 3. The molecule has 27 heavy (non-hydrogen) atoms. The second kappa shape index (κ2) is 8.99. The number of fused-ring (bicyclic) bond motifs is 1. The fourth-order valence-corrected chi connectivity index (χ4v) is 2.94. The molecule has 138 valence electrons. The first-order valence-electron chi connectivity index (χ1n) is 9.21. The van der Waals surface area contributed by atoms with E-state index in [-0.39, 0.29) is 12.5 Å². The Bertz CT molecular complexity index is 927. The summed E-state index contributed by atoms with van der Waals surface area (Å²) >= 11 is 0. The molecule has 0 aromatic heterocycles. The average Bonchev–Trinajstić information content (AvgIpc) is 2.71. The van der Waals surface area contributed by atoms with Gasteiger partial charge in [0, 0.05) is 5.69 Å². The number of amides is 1. The molecule has 0 unspecified atom stereocenters. The van der Waals surface area contributed by atoms with Gasteiger partial charge in [-0.1, -0.05) is 61.9 Å². The van der Waals surface area contributed by atoms with E-state index in [0.29, 0.717) is 11.3 Å². The average molecular weight is 361 g/mol. The lowest BCUT2D eigenvalue weighted by Gasteiger charge is -2.09. The number of rotatable bonds is 7. The van der Waals surface area contributed by atoms with Gasteiger partial charge in [0.2, 0.25) is 0 Å². The van der Waals surface area contributed by atoms with Gasteiger partial charge in [-0.15, -0.1) is 0 Å². The lowest BCUT2D eigenvalue weighted by molar-refractivity contribution is -0.119. The first-order valence-corrected chi connectivity index (χ1v) is 9.21. The molecule has 0 aliphatic heterocycles. The highest BCUT2D eigenvalue weighted by atomic mass is 16.5. The highest BCUT2D eigenvalue weighted by molar-refractivity contribution is 6.05. The third-order valence-corrected chi connectivity index (χ3v) is 4.40. The Morgan fingerprint density at radius 1 is 0.926 bits per heavy atom. The Hall–Kier alpha value is -3.14. The summed E-state index contributed by atoms with van der Waals surface area (Å²) in [6, 6.07) is 20.8. The number of aryl methyl sites for hydroxylation is 1. The SMILES string of the molecule is CCCCc1ccc(NC(=O)COC(=O)c2cccc3ccccc23)cc1. The van der Waals surface area contributed by atoms with Crippen LogP contribution in [0.2, 0.25) is 0 Å². The minimum absolute atomic E-state index is 0.320. The molecule has 1 amide bonds. The van der Waals surface area contributed by atoms with Crippen molar-refractivity contribution in [2.75, 3.05) is 11.9 Å². The molecular formula is C23H23NO3. The smallest absolute Gasteiger partial charge is 0.339 e. The van der Waals surface area contributed by atoms with Gasteiger partial charge in [-0.25, -0.2) is 4.79 Å². The number of esters is 1. The maximum atomic E-state index is 12.4. The first kappa shape index (κ1) is 18.6. The molecule has 4 heteroatoms. The zero-order chi connectivity index (χ0) is 19.1. The normalized spacial score (nSPS) is 10.6. The summed E-state index contributed by atoms with van der Waals surface area (Å²) in [7, 11) is 0. The van der Waals surface area contributed by atoms with E-state index in [1.807, 2.05) is 54.6 Å². The van der Waals surface area contributed by atoms with Crippen molar-refractivity contribution >= 4 is 28.3 Å². The molecule has 0 spiro atoms. The molecule has 3 aromatic rings. The third kappa shape index (κ3) is 4.94. The maximum Gasteiger partial charge on any atom is 0.339 e. The summed E-state index contributed by atoms with van der Waals surface area (Å²) < 4.78 is 5.20. The molecule has 0 saturated carbocycles. The molecule has 3 rings (SSSR count). The number of benzene rings is 3. The van der Waals surface area contributed by atoms with Crippen LogP contribution in [-0.4, -0.2) is 18.5 Å². The standard InChI is InChI=1S/C23H23NO3/c1-2-3-7-17-12-14-19(15-13-17)24-22(25)16-27-23(26)21-11-6-9-18-8-4-5-10-20(18)21/h4-6,8-15H,2-3,7,16H2,1H3,(H,24,25). The summed E-state index contributed by atoms with van der Waals surface area (Å²) in [4.78, 5) is 24.4. The monoisotopic (exact) mass is 361 g/mol. The number of carbonyl (C=O) groups excluding carboxylic acids is 2. The van der Waals surface area contributed by atoms with Gasteiger partial charge in [-0.05, 0) is 47.4 Å². The van der Waals surface area contributed by atoms with E-state index in [0.717, 1.165) is 30.0 Å². The zero-order valence-electron chi connectivity index (χ0n) is 15.4.